The molecule has 10 nitrogen and oxygen atoms in total. The van der Waals surface area contributed by atoms with Crippen LogP contribution in [0.25, 0.3) is 0 Å². The van der Waals surface area contributed by atoms with Gasteiger partial charge in [0.25, 0.3) is 17.5 Å². The van der Waals surface area contributed by atoms with Gasteiger partial charge in [-0.3, -0.25) is 34.3 Å². The van der Waals surface area contributed by atoms with Gasteiger partial charge in [0, 0.05) is 63.5 Å². The lowest BCUT2D eigenvalue weighted by molar-refractivity contribution is -0.384. The second-order valence-electron chi connectivity index (χ2n) is 8.68. The Morgan fingerprint density at radius 2 is 1.68 bits per heavy atom. The zero-order chi connectivity index (χ0) is 24.2. The zero-order valence-electron chi connectivity index (χ0n) is 19.0. The minimum atomic E-state index is -0.607. The van der Waals surface area contributed by atoms with Crippen LogP contribution in [-0.4, -0.2) is 77.1 Å². The zero-order valence-corrected chi connectivity index (χ0v) is 19.0. The molecule has 178 valence electrons. The van der Waals surface area contributed by atoms with Crippen molar-refractivity contribution >= 4 is 29.1 Å². The average molecular weight is 466 g/mol. The predicted molar refractivity (Wildman–Crippen MR) is 126 cm³/mol. The molecule has 3 amide bonds. The van der Waals surface area contributed by atoms with E-state index in [9.17, 15) is 24.5 Å². The molecule has 2 aromatic carbocycles. The number of nitro benzene ring substituents is 1. The molecule has 0 radical (unpaired) electrons. The monoisotopic (exact) mass is 465 g/mol. The van der Waals surface area contributed by atoms with Gasteiger partial charge in [0.1, 0.15) is 0 Å². The summed E-state index contributed by atoms with van der Waals surface area (Å²) in [7, 11) is 2.13. The van der Waals surface area contributed by atoms with Gasteiger partial charge in [-0.05, 0) is 37.2 Å². The first-order valence-corrected chi connectivity index (χ1v) is 11.3. The summed E-state index contributed by atoms with van der Waals surface area (Å²) in [6.45, 7) is 5.16. The molecule has 0 bridgehead atoms. The number of likely N-dealkylation sites (N-methyl/N-ethyl adjacent to an activating group) is 1. The van der Waals surface area contributed by atoms with Gasteiger partial charge in [-0.15, -0.1) is 0 Å². The number of non-ortho nitro benzene ring substituents is 1. The number of nitrogens with zero attached hydrogens (tertiary/aromatic N) is 4. The summed E-state index contributed by atoms with van der Waals surface area (Å²) in [6, 6.07) is 11.4. The number of carbonyl (C=O) groups excluding carboxylic acids is 3. The van der Waals surface area contributed by atoms with E-state index in [1.54, 1.807) is 0 Å². The molecule has 0 saturated carbocycles. The van der Waals surface area contributed by atoms with Crippen molar-refractivity contribution in [2.45, 2.75) is 19.4 Å². The number of nitro groups is 1. The van der Waals surface area contributed by atoms with E-state index in [4.69, 9.17) is 0 Å². The quantitative estimate of drug-likeness (QED) is 0.361. The predicted octanol–water partition coefficient (Wildman–Crippen LogP) is 2.36. The molecule has 1 saturated heterocycles. The van der Waals surface area contributed by atoms with Gasteiger partial charge in [-0.1, -0.05) is 12.1 Å². The van der Waals surface area contributed by atoms with Gasteiger partial charge >= 0.3 is 0 Å². The number of amides is 3. The second-order valence-corrected chi connectivity index (χ2v) is 8.68. The van der Waals surface area contributed by atoms with E-state index in [1.165, 1.54) is 17.7 Å². The Balaban J connectivity index is 1.24. The Labute approximate surface area is 197 Å². The molecular weight excluding hydrogens is 438 g/mol. The van der Waals surface area contributed by atoms with Gasteiger partial charge in [-0.25, -0.2) is 0 Å². The molecule has 2 aromatic rings. The lowest BCUT2D eigenvalue weighted by Crippen LogP contribution is -2.43. The number of imide groups is 1. The lowest BCUT2D eigenvalue weighted by Gasteiger charge is -2.32. The van der Waals surface area contributed by atoms with Gasteiger partial charge < -0.3 is 10.2 Å². The van der Waals surface area contributed by atoms with E-state index in [1.807, 2.05) is 24.3 Å². The summed E-state index contributed by atoms with van der Waals surface area (Å²) in [6.07, 6.45) is 0.428. The molecule has 0 aromatic heterocycles. The van der Waals surface area contributed by atoms with E-state index < -0.39 is 16.7 Å². The Hall–Kier alpha value is -3.63. The van der Waals surface area contributed by atoms with Crippen molar-refractivity contribution in [3.63, 3.8) is 0 Å². The summed E-state index contributed by atoms with van der Waals surface area (Å²) >= 11 is 0. The molecule has 0 unspecified atom stereocenters. The Morgan fingerprint density at radius 3 is 2.35 bits per heavy atom. The Kier molecular flexibility index (Phi) is 6.99. The summed E-state index contributed by atoms with van der Waals surface area (Å²) in [5, 5.41) is 13.8. The molecule has 2 heterocycles. The van der Waals surface area contributed by atoms with Crippen LogP contribution in [0.3, 0.4) is 0 Å². The number of nitrogens with one attached hydrogen (secondary N) is 1. The van der Waals surface area contributed by atoms with Gasteiger partial charge in [-0.2, -0.15) is 0 Å². The van der Waals surface area contributed by atoms with Crippen LogP contribution in [0.15, 0.2) is 42.5 Å². The standard InChI is InChI=1S/C24H27N5O5/c1-26-11-13-27(14-12-26)16-17-4-6-18(7-5-17)25-22(30)3-2-10-28-23(31)20-9-8-19(29(33)34)15-21(20)24(28)32/h4-9,15H,2-3,10-14,16H2,1H3,(H,25,30). The van der Waals surface area contributed by atoms with Crippen LogP contribution in [0, 0.1) is 10.1 Å². The minimum absolute atomic E-state index is 0.0281. The Morgan fingerprint density at radius 1 is 1.00 bits per heavy atom. The fourth-order valence-corrected chi connectivity index (χ4v) is 4.17. The Bertz CT molecular complexity index is 1110. The molecule has 0 spiro atoms. The van der Waals surface area contributed by atoms with Gasteiger partial charge in [0.05, 0.1) is 16.1 Å². The number of anilines is 1. The number of carbonyl (C=O) groups is 3. The molecule has 0 atom stereocenters. The summed E-state index contributed by atoms with van der Waals surface area (Å²) in [5.41, 5.74) is 1.82. The number of hydrogen-bond acceptors (Lipinski definition) is 7. The van der Waals surface area contributed by atoms with Crippen LogP contribution < -0.4 is 5.32 Å². The van der Waals surface area contributed by atoms with E-state index in [2.05, 4.69) is 22.2 Å². The van der Waals surface area contributed by atoms with Crippen LogP contribution in [0.5, 0.6) is 0 Å². The fourth-order valence-electron chi connectivity index (χ4n) is 4.17. The maximum absolute atomic E-state index is 12.5. The first-order chi connectivity index (χ1) is 16.3. The largest absolute Gasteiger partial charge is 0.326 e. The molecule has 1 N–H and O–H groups in total. The molecule has 2 aliphatic heterocycles. The van der Waals surface area contributed by atoms with Crippen molar-refractivity contribution in [2.75, 3.05) is 45.1 Å². The van der Waals surface area contributed by atoms with Crippen molar-refractivity contribution in [1.29, 1.82) is 0 Å². The maximum Gasteiger partial charge on any atom is 0.270 e. The molecule has 34 heavy (non-hydrogen) atoms. The summed E-state index contributed by atoms with van der Waals surface area (Å²) in [4.78, 5) is 53.4. The fraction of sp³-hybridized carbons (Fsp3) is 0.375. The SMILES string of the molecule is CN1CCN(Cc2ccc(NC(=O)CCCN3C(=O)c4ccc([N+](=O)[O-])cc4C3=O)cc2)CC1. The van der Waals surface area contributed by atoms with E-state index in [-0.39, 0.29) is 35.7 Å². The highest BCUT2D eigenvalue weighted by Crippen LogP contribution is 2.27. The third-order valence-electron chi connectivity index (χ3n) is 6.19. The smallest absolute Gasteiger partial charge is 0.270 e. The summed E-state index contributed by atoms with van der Waals surface area (Å²) < 4.78 is 0. The van der Waals surface area contributed by atoms with Crippen molar-refractivity contribution in [3.8, 4) is 0 Å². The van der Waals surface area contributed by atoms with Crippen LogP contribution >= 0.6 is 0 Å². The third kappa shape index (κ3) is 5.29. The highest BCUT2D eigenvalue weighted by atomic mass is 16.6. The molecule has 0 aliphatic carbocycles. The number of piperazine rings is 1. The van der Waals surface area contributed by atoms with Crippen LogP contribution in [0.4, 0.5) is 11.4 Å². The van der Waals surface area contributed by atoms with Crippen LogP contribution in [0.2, 0.25) is 0 Å². The van der Waals surface area contributed by atoms with E-state index in [0.29, 0.717) is 12.1 Å². The van der Waals surface area contributed by atoms with Crippen molar-refractivity contribution in [3.05, 3.63) is 69.3 Å². The maximum atomic E-state index is 12.5. The molecule has 2 aliphatic rings. The average Bonchev–Trinajstić information content (AvgIpc) is 3.06. The van der Waals surface area contributed by atoms with Crippen LogP contribution in [0.1, 0.15) is 39.1 Å². The van der Waals surface area contributed by atoms with Crippen molar-refractivity contribution in [2.24, 2.45) is 0 Å². The first kappa shape index (κ1) is 23.5. The molecule has 1 fully saturated rings. The van der Waals surface area contributed by atoms with Gasteiger partial charge in [0.2, 0.25) is 5.91 Å². The highest BCUT2D eigenvalue weighted by Gasteiger charge is 2.36. The molecule has 4 rings (SSSR count). The molecular formula is C24H27N5O5. The first-order valence-electron chi connectivity index (χ1n) is 11.3. The van der Waals surface area contributed by atoms with Crippen molar-refractivity contribution in [1.82, 2.24) is 14.7 Å². The summed E-state index contributed by atoms with van der Waals surface area (Å²) in [5.74, 6) is -1.27. The number of rotatable bonds is 8. The van der Waals surface area contributed by atoms with E-state index in [0.717, 1.165) is 43.7 Å². The normalized spacial score (nSPS) is 16.6. The minimum Gasteiger partial charge on any atom is -0.326 e. The number of hydrogen-bond donors (Lipinski definition) is 1. The lowest BCUT2D eigenvalue weighted by atomic mass is 10.1. The topological polar surface area (TPSA) is 116 Å². The van der Waals surface area contributed by atoms with Gasteiger partial charge in [0.15, 0.2) is 0 Å². The number of benzene rings is 2. The number of fused-ring (bicyclic) bond motifs is 1. The molecule has 10 heteroatoms. The van der Waals surface area contributed by atoms with Crippen molar-refractivity contribution < 1.29 is 19.3 Å². The second kappa shape index (κ2) is 10.1. The third-order valence-corrected chi connectivity index (χ3v) is 6.19. The van der Waals surface area contributed by atoms with Crippen LogP contribution in [-0.2, 0) is 11.3 Å². The van der Waals surface area contributed by atoms with E-state index >= 15 is 0 Å². The highest BCUT2D eigenvalue weighted by molar-refractivity contribution is 6.21.